The third-order valence-corrected chi connectivity index (χ3v) is 11.1. The molecule has 3 heterocycles. The van der Waals surface area contributed by atoms with E-state index in [1.54, 1.807) is 0 Å². The Morgan fingerprint density at radius 2 is 0.963 bits per heavy atom. The number of aromatic nitrogens is 2. The largest absolute Gasteiger partial charge is 0.456 e. The van der Waals surface area contributed by atoms with E-state index in [-0.39, 0.29) is 0 Å². The fourth-order valence-electron chi connectivity index (χ4n) is 8.59. The van der Waals surface area contributed by atoms with Crippen molar-refractivity contribution in [3.05, 3.63) is 170 Å². The van der Waals surface area contributed by atoms with E-state index in [1.165, 1.54) is 49.5 Å². The van der Waals surface area contributed by atoms with E-state index < -0.39 is 0 Å². The molecule has 0 unspecified atom stereocenters. The van der Waals surface area contributed by atoms with Gasteiger partial charge in [0.15, 0.2) is 11.4 Å². The van der Waals surface area contributed by atoms with Gasteiger partial charge in [0, 0.05) is 27.3 Å². The summed E-state index contributed by atoms with van der Waals surface area (Å²) in [4.78, 5) is 10.3. The highest BCUT2D eigenvalue weighted by Crippen LogP contribution is 2.53. The molecule has 3 aromatic heterocycles. The number of nitrogens with zero attached hydrogens (tertiary/aromatic N) is 2. The van der Waals surface area contributed by atoms with Crippen LogP contribution in [0.2, 0.25) is 0 Å². The molecule has 0 saturated heterocycles. The number of hydrogen-bond acceptors (Lipinski definition) is 4. The van der Waals surface area contributed by atoms with E-state index in [0.717, 1.165) is 61.0 Å². The lowest BCUT2D eigenvalue weighted by atomic mass is 9.92. The molecule has 0 atom stereocenters. The van der Waals surface area contributed by atoms with E-state index in [4.69, 9.17) is 18.8 Å². The molecule has 12 rings (SSSR count). The summed E-state index contributed by atoms with van der Waals surface area (Å²) >= 11 is 0. The Morgan fingerprint density at radius 1 is 0.352 bits per heavy atom. The first-order valence-electron chi connectivity index (χ1n) is 18.2. The van der Waals surface area contributed by atoms with Gasteiger partial charge < -0.3 is 8.83 Å². The van der Waals surface area contributed by atoms with E-state index in [9.17, 15) is 0 Å². The average Bonchev–Trinajstić information content (AvgIpc) is 3.92. The van der Waals surface area contributed by atoms with Gasteiger partial charge in [0.1, 0.15) is 28.0 Å². The Balaban J connectivity index is 0.991. The van der Waals surface area contributed by atoms with Gasteiger partial charge >= 0.3 is 0 Å². The second kappa shape index (κ2) is 11.1. The lowest BCUT2D eigenvalue weighted by Crippen LogP contribution is -1.94. The molecule has 0 amide bonds. The first kappa shape index (κ1) is 29.3. The quantitative estimate of drug-likeness (QED) is 0.185. The van der Waals surface area contributed by atoms with Gasteiger partial charge in [-0.05, 0) is 79.5 Å². The van der Waals surface area contributed by atoms with Crippen LogP contribution in [0.4, 0.5) is 0 Å². The second-order valence-electron chi connectivity index (χ2n) is 14.0. The first-order valence-corrected chi connectivity index (χ1v) is 18.2. The topological polar surface area (TPSA) is 52.1 Å². The monoisotopic (exact) mass is 688 g/mol. The maximum Gasteiger partial charge on any atom is 0.180 e. The number of hydrogen-bond donors (Lipinski definition) is 0. The van der Waals surface area contributed by atoms with Crippen LogP contribution in [0.1, 0.15) is 0 Å². The molecule has 0 aliphatic heterocycles. The maximum absolute atomic E-state index is 6.45. The molecule has 0 N–H and O–H groups in total. The lowest BCUT2D eigenvalue weighted by molar-refractivity contribution is 0.667. The SMILES string of the molecule is c1ccc(-c2ccc(-c3nc(-c4ccc(-c5cccc6c5-c5cc7oc8ccccc8c7c7cccc-6c57)cc4)nc4c3oc3ccccc34)cc2)cc1. The average molecular weight is 689 g/mol. The van der Waals surface area contributed by atoms with E-state index >= 15 is 0 Å². The zero-order valence-corrected chi connectivity index (χ0v) is 28.9. The molecule has 11 aromatic rings. The van der Waals surface area contributed by atoms with Crippen LogP contribution in [-0.2, 0) is 0 Å². The predicted octanol–water partition coefficient (Wildman–Crippen LogP) is 13.7. The summed E-state index contributed by atoms with van der Waals surface area (Å²) < 4.78 is 12.9. The van der Waals surface area contributed by atoms with Crippen LogP contribution in [-0.4, -0.2) is 9.97 Å². The molecule has 4 nitrogen and oxygen atoms in total. The zero-order valence-electron chi connectivity index (χ0n) is 28.9. The fraction of sp³-hybridized carbons (Fsp3) is 0. The van der Waals surface area contributed by atoms with Crippen molar-refractivity contribution in [3.8, 4) is 67.2 Å². The highest BCUT2D eigenvalue weighted by molar-refractivity contribution is 6.29. The van der Waals surface area contributed by atoms with Crippen LogP contribution < -0.4 is 0 Å². The minimum atomic E-state index is 0.658. The number of benzene rings is 8. The highest BCUT2D eigenvalue weighted by Gasteiger charge is 2.27. The molecule has 54 heavy (non-hydrogen) atoms. The molecule has 0 bridgehead atoms. The predicted molar refractivity (Wildman–Crippen MR) is 220 cm³/mol. The lowest BCUT2D eigenvalue weighted by Gasteiger charge is -2.12. The number of fused-ring (bicyclic) bond motifs is 10. The molecule has 0 saturated carbocycles. The van der Waals surface area contributed by atoms with Crippen molar-refractivity contribution in [1.82, 2.24) is 9.97 Å². The summed E-state index contributed by atoms with van der Waals surface area (Å²) in [5, 5.41) is 5.82. The highest BCUT2D eigenvalue weighted by atomic mass is 16.3. The van der Waals surface area contributed by atoms with Crippen molar-refractivity contribution in [2.45, 2.75) is 0 Å². The van der Waals surface area contributed by atoms with Crippen LogP contribution in [0.5, 0.6) is 0 Å². The minimum Gasteiger partial charge on any atom is -0.456 e. The van der Waals surface area contributed by atoms with Gasteiger partial charge in [-0.1, -0.05) is 146 Å². The van der Waals surface area contributed by atoms with Gasteiger partial charge in [-0.2, -0.15) is 0 Å². The summed E-state index contributed by atoms with van der Waals surface area (Å²) in [6, 6.07) is 59.6. The van der Waals surface area contributed by atoms with Crippen LogP contribution >= 0.6 is 0 Å². The van der Waals surface area contributed by atoms with Crippen LogP contribution in [0.3, 0.4) is 0 Å². The van der Waals surface area contributed by atoms with Gasteiger partial charge in [0.25, 0.3) is 0 Å². The number of furan rings is 2. The van der Waals surface area contributed by atoms with E-state index in [1.807, 2.05) is 30.3 Å². The van der Waals surface area contributed by atoms with Gasteiger partial charge in [-0.3, -0.25) is 0 Å². The molecule has 8 aromatic carbocycles. The Labute approximate surface area is 309 Å². The van der Waals surface area contributed by atoms with Crippen molar-refractivity contribution >= 4 is 54.8 Å². The minimum absolute atomic E-state index is 0.658. The summed E-state index contributed by atoms with van der Waals surface area (Å²) in [7, 11) is 0. The van der Waals surface area contributed by atoms with Crippen LogP contribution in [0.15, 0.2) is 179 Å². The Hall–Kier alpha value is -7.30. The number of rotatable bonds is 4. The molecule has 1 aliphatic carbocycles. The molecule has 0 spiro atoms. The van der Waals surface area contributed by atoms with Crippen molar-refractivity contribution in [3.63, 3.8) is 0 Å². The smallest absolute Gasteiger partial charge is 0.180 e. The van der Waals surface area contributed by atoms with E-state index in [2.05, 4.69) is 140 Å². The molecule has 4 heteroatoms. The third kappa shape index (κ3) is 4.19. The van der Waals surface area contributed by atoms with Gasteiger partial charge in [-0.25, -0.2) is 9.97 Å². The van der Waals surface area contributed by atoms with E-state index in [0.29, 0.717) is 11.4 Å². The van der Waals surface area contributed by atoms with Crippen molar-refractivity contribution in [2.24, 2.45) is 0 Å². The molecule has 1 aliphatic rings. The number of para-hydroxylation sites is 2. The summed E-state index contributed by atoms with van der Waals surface area (Å²) in [5.41, 5.74) is 16.4. The van der Waals surface area contributed by atoms with Gasteiger partial charge in [-0.15, -0.1) is 0 Å². The molecule has 250 valence electrons. The Kier molecular flexibility index (Phi) is 6.02. The van der Waals surface area contributed by atoms with Crippen molar-refractivity contribution in [2.75, 3.05) is 0 Å². The first-order chi connectivity index (χ1) is 26.8. The van der Waals surface area contributed by atoms with Crippen molar-refractivity contribution < 1.29 is 8.83 Å². The standard InChI is InChI=1S/C50H28N2O2/c1-2-10-29(11-3-1)30-20-24-32(25-21-30)47-49-48(38-13-5-7-19-42(38)54-49)52-50(51-47)33-26-22-31(23-27-33)34-14-8-15-35-36-16-9-17-39-45(36)40(44(34)35)28-43-46(39)37-12-4-6-18-41(37)53-43/h1-28H. The van der Waals surface area contributed by atoms with Gasteiger partial charge in [0.2, 0.25) is 0 Å². The van der Waals surface area contributed by atoms with Crippen LogP contribution in [0, 0.1) is 0 Å². The van der Waals surface area contributed by atoms with Crippen LogP contribution in [0.25, 0.3) is 122 Å². The Morgan fingerprint density at radius 3 is 1.80 bits per heavy atom. The fourth-order valence-corrected chi connectivity index (χ4v) is 8.59. The zero-order chi connectivity index (χ0) is 35.3. The summed E-state index contributed by atoms with van der Waals surface area (Å²) in [6.45, 7) is 0. The Bertz CT molecular complexity index is 3300. The molecule has 0 radical (unpaired) electrons. The third-order valence-electron chi connectivity index (χ3n) is 11.1. The summed E-state index contributed by atoms with van der Waals surface area (Å²) in [6.07, 6.45) is 0. The maximum atomic E-state index is 6.45. The second-order valence-corrected chi connectivity index (χ2v) is 14.0. The molecular weight excluding hydrogens is 661 g/mol. The molecular formula is C50H28N2O2. The summed E-state index contributed by atoms with van der Waals surface area (Å²) in [5.74, 6) is 0.658. The van der Waals surface area contributed by atoms with Gasteiger partial charge in [0.05, 0.1) is 0 Å². The molecule has 0 fully saturated rings. The van der Waals surface area contributed by atoms with Crippen molar-refractivity contribution in [1.29, 1.82) is 0 Å². The normalized spacial score (nSPS) is 12.1.